The molecule has 0 saturated carbocycles. The maximum absolute atomic E-state index is 9.01. The molecule has 0 amide bonds. The third-order valence-electron chi connectivity index (χ3n) is 1.75. The lowest BCUT2D eigenvalue weighted by atomic mass is 10.2. The quantitative estimate of drug-likeness (QED) is 0.478. The third kappa shape index (κ3) is 6.57. The highest BCUT2D eigenvalue weighted by molar-refractivity contribution is 4.96. The van der Waals surface area contributed by atoms with E-state index in [1.807, 2.05) is 0 Å². The Morgan fingerprint density at radius 1 is 1.00 bits per heavy atom. The Morgan fingerprint density at radius 3 is 1.53 bits per heavy atom. The summed E-state index contributed by atoms with van der Waals surface area (Å²) in [6, 6.07) is 0. The van der Waals surface area contributed by atoms with E-state index in [2.05, 4.69) is 26.3 Å². The SMILES string of the molecule is C=CC(CC(=C)O)OC(C=C)CC(=C)O. The van der Waals surface area contributed by atoms with Crippen molar-refractivity contribution in [2.75, 3.05) is 0 Å². The summed E-state index contributed by atoms with van der Waals surface area (Å²) in [6.07, 6.45) is 3.02. The van der Waals surface area contributed by atoms with Gasteiger partial charge in [0.05, 0.1) is 23.7 Å². The lowest BCUT2D eigenvalue weighted by molar-refractivity contribution is 0.0323. The molecule has 0 aromatic rings. The van der Waals surface area contributed by atoms with Gasteiger partial charge >= 0.3 is 0 Å². The van der Waals surface area contributed by atoms with Crippen LogP contribution in [0.1, 0.15) is 12.8 Å². The molecule has 0 aliphatic heterocycles. The summed E-state index contributed by atoms with van der Waals surface area (Å²) in [4.78, 5) is 0. The van der Waals surface area contributed by atoms with Crippen LogP contribution in [0.3, 0.4) is 0 Å². The first-order chi connectivity index (χ1) is 6.99. The fourth-order valence-corrected chi connectivity index (χ4v) is 1.06. The molecule has 0 radical (unpaired) electrons. The summed E-state index contributed by atoms with van der Waals surface area (Å²) in [6.45, 7) is 13.9. The van der Waals surface area contributed by atoms with Crippen molar-refractivity contribution >= 4 is 0 Å². The van der Waals surface area contributed by atoms with Gasteiger partial charge < -0.3 is 14.9 Å². The molecule has 3 heteroatoms. The van der Waals surface area contributed by atoms with Crippen LogP contribution < -0.4 is 0 Å². The van der Waals surface area contributed by atoms with Crippen LogP contribution in [0.4, 0.5) is 0 Å². The topological polar surface area (TPSA) is 49.7 Å². The molecule has 0 aromatic carbocycles. The van der Waals surface area contributed by atoms with Crippen LogP contribution in [-0.4, -0.2) is 22.4 Å². The van der Waals surface area contributed by atoms with Crippen molar-refractivity contribution in [2.24, 2.45) is 0 Å². The smallest absolute Gasteiger partial charge is 0.0880 e. The Bertz CT molecular complexity index is 230. The second-order valence-corrected chi connectivity index (χ2v) is 3.23. The van der Waals surface area contributed by atoms with E-state index >= 15 is 0 Å². The van der Waals surface area contributed by atoms with E-state index in [-0.39, 0.29) is 36.6 Å². The zero-order valence-electron chi connectivity index (χ0n) is 8.85. The molecule has 3 nitrogen and oxygen atoms in total. The van der Waals surface area contributed by atoms with Crippen molar-refractivity contribution in [3.63, 3.8) is 0 Å². The number of aliphatic hydroxyl groups is 2. The zero-order chi connectivity index (χ0) is 11.8. The maximum atomic E-state index is 9.01. The summed E-state index contributed by atoms with van der Waals surface area (Å²) >= 11 is 0. The lowest BCUT2D eigenvalue weighted by Crippen LogP contribution is -2.19. The van der Waals surface area contributed by atoms with Crippen molar-refractivity contribution in [3.05, 3.63) is 50.0 Å². The molecule has 0 rings (SSSR count). The molecule has 0 spiro atoms. The molecule has 0 aliphatic rings. The van der Waals surface area contributed by atoms with Crippen molar-refractivity contribution in [3.8, 4) is 0 Å². The van der Waals surface area contributed by atoms with Crippen LogP contribution in [0.5, 0.6) is 0 Å². The second kappa shape index (κ2) is 6.90. The largest absolute Gasteiger partial charge is 0.513 e. The van der Waals surface area contributed by atoms with Crippen LogP contribution in [0, 0.1) is 0 Å². The van der Waals surface area contributed by atoms with E-state index in [0.29, 0.717) is 0 Å². The normalized spacial score (nSPS) is 13.9. The molecule has 0 saturated heterocycles. The fraction of sp³-hybridized carbons (Fsp3) is 0.333. The monoisotopic (exact) mass is 210 g/mol. The third-order valence-corrected chi connectivity index (χ3v) is 1.75. The van der Waals surface area contributed by atoms with Crippen LogP contribution in [0.25, 0.3) is 0 Å². The standard InChI is InChI=1S/C12H18O3/c1-5-11(7-9(3)13)15-12(6-2)8-10(4)14/h5-6,11-14H,1-4,7-8H2. The number of hydrogen-bond acceptors (Lipinski definition) is 3. The average molecular weight is 210 g/mol. The van der Waals surface area contributed by atoms with E-state index in [1.165, 1.54) is 0 Å². The number of hydrogen-bond donors (Lipinski definition) is 2. The van der Waals surface area contributed by atoms with Crippen molar-refractivity contribution in [1.82, 2.24) is 0 Å². The molecule has 0 aromatic heterocycles. The summed E-state index contributed by atoms with van der Waals surface area (Å²) in [5, 5.41) is 18.0. The van der Waals surface area contributed by atoms with Crippen molar-refractivity contribution in [2.45, 2.75) is 25.0 Å². The van der Waals surface area contributed by atoms with Crippen LogP contribution in [0.15, 0.2) is 50.0 Å². The van der Waals surface area contributed by atoms with E-state index in [4.69, 9.17) is 14.9 Å². The second-order valence-electron chi connectivity index (χ2n) is 3.23. The molecule has 2 atom stereocenters. The number of aliphatic hydroxyl groups excluding tert-OH is 2. The maximum Gasteiger partial charge on any atom is 0.0880 e. The summed E-state index contributed by atoms with van der Waals surface area (Å²) in [5.74, 6) is 0.0658. The predicted molar refractivity (Wildman–Crippen MR) is 61.8 cm³/mol. The minimum absolute atomic E-state index is 0.0329. The lowest BCUT2D eigenvalue weighted by Gasteiger charge is -2.19. The molecule has 84 valence electrons. The van der Waals surface area contributed by atoms with Crippen LogP contribution in [-0.2, 0) is 4.74 Å². The molecule has 0 heterocycles. The van der Waals surface area contributed by atoms with Gasteiger partial charge in [0.1, 0.15) is 0 Å². The van der Waals surface area contributed by atoms with Gasteiger partial charge in [-0.25, -0.2) is 0 Å². The predicted octanol–water partition coefficient (Wildman–Crippen LogP) is 3.04. The molecule has 0 bridgehead atoms. The van der Waals surface area contributed by atoms with Gasteiger partial charge in [-0.1, -0.05) is 25.3 Å². The first-order valence-electron chi connectivity index (χ1n) is 4.63. The highest BCUT2D eigenvalue weighted by Gasteiger charge is 2.13. The Morgan fingerprint density at radius 2 is 1.33 bits per heavy atom. The van der Waals surface area contributed by atoms with Crippen molar-refractivity contribution < 1.29 is 14.9 Å². The van der Waals surface area contributed by atoms with Gasteiger partial charge in [-0.3, -0.25) is 0 Å². The Kier molecular flexibility index (Phi) is 6.22. The van der Waals surface area contributed by atoms with Gasteiger partial charge in [-0.05, 0) is 0 Å². The number of ether oxygens (including phenoxy) is 1. The van der Waals surface area contributed by atoms with Gasteiger partial charge in [-0.2, -0.15) is 0 Å². The van der Waals surface area contributed by atoms with Gasteiger partial charge in [0.2, 0.25) is 0 Å². The van der Waals surface area contributed by atoms with Gasteiger partial charge in [0.15, 0.2) is 0 Å². The molecule has 0 fully saturated rings. The zero-order valence-corrected chi connectivity index (χ0v) is 8.85. The fourth-order valence-electron chi connectivity index (χ4n) is 1.06. The van der Waals surface area contributed by atoms with Crippen LogP contribution >= 0.6 is 0 Å². The molecular weight excluding hydrogens is 192 g/mol. The highest BCUT2D eigenvalue weighted by Crippen LogP contribution is 2.13. The van der Waals surface area contributed by atoms with E-state index < -0.39 is 0 Å². The minimum Gasteiger partial charge on any atom is -0.513 e. The molecule has 2 N–H and O–H groups in total. The minimum atomic E-state index is -0.343. The van der Waals surface area contributed by atoms with Crippen molar-refractivity contribution in [1.29, 1.82) is 0 Å². The van der Waals surface area contributed by atoms with Gasteiger partial charge in [-0.15, -0.1) is 13.2 Å². The average Bonchev–Trinajstić information content (AvgIpc) is 2.14. The first-order valence-corrected chi connectivity index (χ1v) is 4.63. The molecular formula is C12H18O3. The molecule has 0 aliphatic carbocycles. The highest BCUT2D eigenvalue weighted by atomic mass is 16.5. The summed E-state index contributed by atoms with van der Waals surface area (Å²) < 4.78 is 5.49. The summed E-state index contributed by atoms with van der Waals surface area (Å²) in [5.41, 5.74) is 0. The summed E-state index contributed by atoms with van der Waals surface area (Å²) in [7, 11) is 0. The molecule has 2 unspecified atom stereocenters. The Labute approximate surface area is 90.7 Å². The van der Waals surface area contributed by atoms with Crippen LogP contribution in [0.2, 0.25) is 0 Å². The van der Waals surface area contributed by atoms with Gasteiger partial charge in [0.25, 0.3) is 0 Å². The van der Waals surface area contributed by atoms with Gasteiger partial charge in [0, 0.05) is 12.8 Å². The number of rotatable bonds is 8. The van der Waals surface area contributed by atoms with E-state index in [9.17, 15) is 0 Å². The first kappa shape index (κ1) is 13.5. The molecule has 15 heavy (non-hydrogen) atoms. The Hall–Kier alpha value is -1.48. The van der Waals surface area contributed by atoms with E-state index in [0.717, 1.165) is 0 Å². The van der Waals surface area contributed by atoms with E-state index in [1.54, 1.807) is 12.2 Å². The Balaban J connectivity index is 4.22.